The van der Waals surface area contributed by atoms with Crippen LogP contribution in [0.3, 0.4) is 0 Å². The zero-order valence-corrected chi connectivity index (χ0v) is 44.9. The van der Waals surface area contributed by atoms with Crippen LogP contribution in [0.2, 0.25) is 0 Å². The fourth-order valence-electron chi connectivity index (χ4n) is 10.0. The van der Waals surface area contributed by atoms with E-state index in [1.54, 1.807) is 0 Å². The van der Waals surface area contributed by atoms with Crippen LogP contribution in [-0.4, -0.2) is 344 Å². The number of rotatable bonds is 21. The first kappa shape index (κ1) is 69.0. The Labute approximate surface area is 474 Å². The summed E-state index contributed by atoms with van der Waals surface area (Å²) in [6, 6.07) is -3.64. The van der Waals surface area contributed by atoms with Gasteiger partial charge in [-0.15, -0.1) is 0 Å². The number of hydrogen-bond donors (Lipinski definition) is 21. The maximum Gasteiger partial charge on any atom is 1.00 e. The van der Waals surface area contributed by atoms with Gasteiger partial charge in [0.15, 0.2) is 31.5 Å². The number of aliphatic carboxylic acids is 1. The van der Waals surface area contributed by atoms with Gasteiger partial charge >= 0.3 is 29.6 Å². The smallest absolute Gasteiger partial charge is 0.544 e. The van der Waals surface area contributed by atoms with Crippen LogP contribution in [0.4, 0.5) is 0 Å². The quantitative estimate of drug-likeness (QED) is 0.0475. The van der Waals surface area contributed by atoms with Gasteiger partial charge in [-0.3, -0.25) is 9.59 Å². The third-order valence-electron chi connectivity index (χ3n) is 14.2. The Morgan fingerprint density at radius 3 is 1.40 bits per heavy atom. The molecule has 36 nitrogen and oxygen atoms in total. The number of hydrogen-bond acceptors (Lipinski definition) is 34. The number of amides is 2. The van der Waals surface area contributed by atoms with Gasteiger partial charge in [0.25, 0.3) is 0 Å². The first-order valence-electron chi connectivity index (χ1n) is 24.7. The molecule has 0 aromatic carbocycles. The molecule has 6 saturated heterocycles. The standard InChI is InChI=1S/C43H72N2O34.Na/c1-10(52)44-19-12(54)3-43(42(67)68,78-34(19)21(56)13(55)4-46)79-36-24(59)16(7-49)72-41(30(36)65)76-33-20(45-11(2)53)38(70-14(5-47)22(33)57)77-35-23(58)15(6-48)71-40(29(35)64)75-32-18(9-51)73-39(28(63)26(32)61)74-31-17(8-50)69-37(66)27(62)25(31)60;/h12-41,46-51,54-66H,3-9H2,1-2H3,(H,44,52)(H,45,53)(H,67,68);/q;+1/p-1/t12-,13-,14?,15?,16?,17+,18?,19-,20?,21-,22-,23+,24+,25?,26-,27?,28?,29?,30?,31-,32+,33-,34?,35+,36+,37-,38+,39+,40-,41+,43+;/m1./s1. The number of carboxylic acid groups (broad SMARTS) is 1. The van der Waals surface area contributed by atoms with Crippen molar-refractivity contribution < 1.29 is 198 Å². The van der Waals surface area contributed by atoms with Gasteiger partial charge in [-0.1, -0.05) is 0 Å². The maximum atomic E-state index is 12.9. The number of carbonyl (C=O) groups excluding carboxylic acids is 3. The van der Waals surface area contributed by atoms with Gasteiger partial charge in [0.05, 0.1) is 51.8 Å². The Hall–Kier alpha value is -1.79. The second-order valence-electron chi connectivity index (χ2n) is 19.6. The zero-order valence-electron chi connectivity index (χ0n) is 42.9. The fraction of sp³-hybridized carbons (Fsp3) is 0.930. The van der Waals surface area contributed by atoms with Crippen molar-refractivity contribution >= 4 is 17.8 Å². The molecule has 6 aliphatic heterocycles. The van der Waals surface area contributed by atoms with E-state index >= 15 is 0 Å². The van der Waals surface area contributed by atoms with Crippen LogP contribution in [0.1, 0.15) is 20.3 Å². The molecule has 2 amide bonds. The van der Waals surface area contributed by atoms with E-state index in [1.165, 1.54) is 0 Å². The molecule has 0 bridgehead atoms. The summed E-state index contributed by atoms with van der Waals surface area (Å²) in [5.41, 5.74) is 0. The first-order valence-corrected chi connectivity index (χ1v) is 24.7. The molecule has 6 aliphatic rings. The zero-order chi connectivity index (χ0) is 58.7. The van der Waals surface area contributed by atoms with Crippen LogP contribution in [-0.2, 0) is 66.5 Å². The molecule has 6 heterocycles. The van der Waals surface area contributed by atoms with Gasteiger partial charge < -0.3 is 170 Å². The van der Waals surface area contributed by atoms with Crippen LogP contribution in [0.25, 0.3) is 0 Å². The Morgan fingerprint density at radius 2 is 0.912 bits per heavy atom. The van der Waals surface area contributed by atoms with Gasteiger partial charge in [-0.05, 0) is 0 Å². The molecule has 80 heavy (non-hydrogen) atoms. The molecular formula is C43H71N2NaO34. The topological polar surface area (TPSA) is 584 Å². The average molecular weight is 1180 g/mol. The van der Waals surface area contributed by atoms with E-state index in [1.807, 2.05) is 0 Å². The number of aliphatic hydroxyl groups excluding tert-OH is 19. The number of aliphatic hydroxyl groups is 19. The van der Waals surface area contributed by atoms with E-state index < -0.39 is 254 Å². The van der Waals surface area contributed by atoms with E-state index in [0.717, 1.165) is 13.8 Å². The molecule has 37 heteroatoms. The van der Waals surface area contributed by atoms with Crippen molar-refractivity contribution in [3.05, 3.63) is 0 Å². The van der Waals surface area contributed by atoms with Crippen molar-refractivity contribution in [3.63, 3.8) is 0 Å². The van der Waals surface area contributed by atoms with Crippen LogP contribution in [0, 0.1) is 0 Å². The second kappa shape index (κ2) is 29.5. The fourth-order valence-corrected chi connectivity index (χ4v) is 10.0. The largest absolute Gasteiger partial charge is 1.00 e. The third-order valence-corrected chi connectivity index (χ3v) is 14.2. The van der Waals surface area contributed by atoms with Crippen molar-refractivity contribution in [2.24, 2.45) is 0 Å². The van der Waals surface area contributed by atoms with Gasteiger partial charge in [0.2, 0.25) is 17.6 Å². The van der Waals surface area contributed by atoms with Gasteiger partial charge in [-0.25, -0.2) is 0 Å². The SMILES string of the molecule is CC(=O)NC1[C@H](O[C@@H]2C(O)[C@@H](O[C@H]3C(CO)O[C@@H](O[C@H]4C(O)C(O)[C@H](O)O[C@H]4CO)C(O)[C@H]3O)OC(CO)[C@@H]2O)OC(CO)[C@@H](O)[C@@H]1O[C@@H]1OC(CO)[C@H](O)[C@H](O[C@]2(C(=O)[O-])C[C@@H](O)[C@@H](NC(C)=O)C([C@H](O)[C@H](O)CO)O2)C1O.[Na+]. The molecule has 0 aromatic heterocycles. The summed E-state index contributed by atoms with van der Waals surface area (Å²) in [6.45, 7) is -4.60. The summed E-state index contributed by atoms with van der Waals surface area (Å²) < 4.78 is 62.0. The molecule has 0 spiro atoms. The molecular weight excluding hydrogens is 1110 g/mol. The minimum absolute atomic E-state index is 0. The predicted molar refractivity (Wildman–Crippen MR) is 237 cm³/mol. The van der Waals surface area contributed by atoms with Crippen LogP contribution >= 0.6 is 0 Å². The number of carboxylic acids is 1. The summed E-state index contributed by atoms with van der Waals surface area (Å²) >= 11 is 0. The Kier molecular flexibility index (Phi) is 25.5. The molecule has 0 aliphatic carbocycles. The van der Waals surface area contributed by atoms with Crippen molar-refractivity contribution in [1.29, 1.82) is 0 Å². The van der Waals surface area contributed by atoms with Gasteiger partial charge in [0, 0.05) is 20.3 Å². The molecule has 458 valence electrons. The number of carbonyl (C=O) groups is 3. The molecule has 31 atom stereocenters. The number of nitrogens with one attached hydrogen (secondary N) is 2. The molecule has 0 radical (unpaired) electrons. The van der Waals surface area contributed by atoms with Crippen LogP contribution < -0.4 is 45.3 Å². The summed E-state index contributed by atoms with van der Waals surface area (Å²) in [5.74, 6) is -7.49. The van der Waals surface area contributed by atoms with Crippen molar-refractivity contribution in [3.8, 4) is 0 Å². The average Bonchev–Trinajstić information content (AvgIpc) is 3.61. The summed E-state index contributed by atoms with van der Waals surface area (Å²) in [4.78, 5) is 37.8. The first-order chi connectivity index (χ1) is 37.2. The monoisotopic (exact) mass is 1180 g/mol. The van der Waals surface area contributed by atoms with E-state index in [4.69, 9.17) is 52.1 Å². The van der Waals surface area contributed by atoms with E-state index in [2.05, 4.69) is 10.6 Å². The van der Waals surface area contributed by atoms with E-state index in [-0.39, 0.29) is 29.6 Å². The molecule has 11 unspecified atom stereocenters. The van der Waals surface area contributed by atoms with Gasteiger partial charge in [0.1, 0.15) is 146 Å². The molecule has 6 rings (SSSR count). The van der Waals surface area contributed by atoms with Crippen molar-refractivity contribution in [2.75, 3.05) is 39.6 Å². The summed E-state index contributed by atoms with van der Waals surface area (Å²) in [6.07, 6.45) is -59.0. The molecule has 21 N–H and O–H groups in total. The Balaban J connectivity index is 0.0000118. The van der Waals surface area contributed by atoms with E-state index in [9.17, 15) is 117 Å². The second-order valence-corrected chi connectivity index (χ2v) is 19.6. The van der Waals surface area contributed by atoms with Crippen molar-refractivity contribution in [1.82, 2.24) is 10.6 Å². The molecule has 6 fully saturated rings. The third kappa shape index (κ3) is 14.7. The number of ether oxygens (including phenoxy) is 11. The minimum Gasteiger partial charge on any atom is -0.544 e. The minimum atomic E-state index is -3.34. The van der Waals surface area contributed by atoms with Crippen molar-refractivity contribution in [2.45, 2.75) is 210 Å². The van der Waals surface area contributed by atoms with Crippen LogP contribution in [0.5, 0.6) is 0 Å². The summed E-state index contributed by atoms with van der Waals surface area (Å²) in [5, 5.41) is 221. The van der Waals surface area contributed by atoms with Crippen LogP contribution in [0.15, 0.2) is 0 Å². The summed E-state index contributed by atoms with van der Waals surface area (Å²) in [7, 11) is 0. The van der Waals surface area contributed by atoms with E-state index in [0.29, 0.717) is 0 Å². The molecule has 0 aromatic rings. The molecule has 0 saturated carbocycles. The Bertz CT molecular complexity index is 1980. The van der Waals surface area contributed by atoms with Gasteiger partial charge in [-0.2, -0.15) is 0 Å². The predicted octanol–water partition coefficient (Wildman–Crippen LogP) is -18.9. The maximum absolute atomic E-state index is 12.9. The normalized spacial score (nSPS) is 47.1. The Morgan fingerprint density at radius 1 is 0.512 bits per heavy atom.